The van der Waals surface area contributed by atoms with Crippen LogP contribution in [0.5, 0.6) is 0 Å². The Balaban J connectivity index is 1.26. The Hall–Kier alpha value is -3.91. The molecule has 0 radical (unpaired) electrons. The van der Waals surface area contributed by atoms with Crippen LogP contribution in [0.1, 0.15) is 48.6 Å². The second-order valence-electron chi connectivity index (χ2n) is 11.5. The van der Waals surface area contributed by atoms with Crippen LogP contribution < -0.4 is 10.6 Å². The first-order valence-electron chi connectivity index (χ1n) is 13.1. The number of aromatic nitrogens is 1. The Morgan fingerprint density at radius 1 is 1.00 bits per heavy atom. The monoisotopic (exact) mass is 528 g/mol. The summed E-state index contributed by atoms with van der Waals surface area (Å²) in [6.07, 6.45) is 6.76. The van der Waals surface area contributed by atoms with E-state index in [-0.39, 0.29) is 18.4 Å². The van der Waals surface area contributed by atoms with E-state index in [4.69, 9.17) is 0 Å². The summed E-state index contributed by atoms with van der Waals surface area (Å²) >= 11 is 0. The van der Waals surface area contributed by atoms with E-state index in [1.807, 2.05) is 37.3 Å². The van der Waals surface area contributed by atoms with E-state index in [0.29, 0.717) is 30.8 Å². The van der Waals surface area contributed by atoms with Gasteiger partial charge in [0.05, 0.1) is 16.5 Å². The highest BCUT2D eigenvalue weighted by Gasteiger charge is 2.51. The quantitative estimate of drug-likeness (QED) is 0.524. The maximum absolute atomic E-state index is 14.1. The summed E-state index contributed by atoms with van der Waals surface area (Å²) in [6.45, 7) is 6.05. The molecule has 3 aliphatic rings. The first kappa shape index (κ1) is 25.4. The van der Waals surface area contributed by atoms with E-state index < -0.39 is 28.1 Å². The lowest BCUT2D eigenvalue weighted by molar-refractivity contribution is -0.148. The SMILES string of the molecule is CC1(C)NC[C@@](C)(c2cc(F)cc(F)c2)N(C/C=C/c2ccc3c(c2)C[C@@]2(C3)C(=O)Nc3ncccc32)C1=O. The molecular weight excluding hydrogens is 498 g/mol. The van der Waals surface area contributed by atoms with E-state index >= 15 is 0 Å². The number of rotatable bonds is 4. The molecule has 1 spiro atoms. The molecule has 0 saturated carbocycles. The number of piperazine rings is 1. The van der Waals surface area contributed by atoms with Crippen LogP contribution in [0.25, 0.3) is 6.08 Å². The summed E-state index contributed by atoms with van der Waals surface area (Å²) in [5.41, 5.74) is 2.16. The zero-order valence-electron chi connectivity index (χ0n) is 22.1. The van der Waals surface area contributed by atoms with Gasteiger partial charge in [0.25, 0.3) is 0 Å². The number of benzene rings is 2. The molecule has 39 heavy (non-hydrogen) atoms. The van der Waals surface area contributed by atoms with Crippen LogP contribution >= 0.6 is 0 Å². The second-order valence-corrected chi connectivity index (χ2v) is 11.5. The van der Waals surface area contributed by atoms with Gasteiger partial charge in [0, 0.05) is 30.9 Å². The highest BCUT2D eigenvalue weighted by Crippen LogP contribution is 2.46. The fourth-order valence-electron chi connectivity index (χ4n) is 6.22. The minimum absolute atomic E-state index is 0.0163. The van der Waals surface area contributed by atoms with Crippen LogP contribution in [0.15, 0.2) is 60.8 Å². The van der Waals surface area contributed by atoms with Gasteiger partial charge < -0.3 is 15.5 Å². The van der Waals surface area contributed by atoms with E-state index in [1.165, 1.54) is 12.1 Å². The molecule has 1 aromatic heterocycles. The van der Waals surface area contributed by atoms with Gasteiger partial charge >= 0.3 is 0 Å². The van der Waals surface area contributed by atoms with Crippen molar-refractivity contribution in [3.05, 3.63) is 100 Å². The third kappa shape index (κ3) is 4.05. The average molecular weight is 529 g/mol. The van der Waals surface area contributed by atoms with Gasteiger partial charge in [0.1, 0.15) is 17.5 Å². The topological polar surface area (TPSA) is 74.3 Å². The third-order valence-corrected chi connectivity index (χ3v) is 8.54. The molecule has 0 bridgehead atoms. The molecule has 0 unspecified atom stereocenters. The number of pyridine rings is 1. The molecule has 8 heteroatoms. The van der Waals surface area contributed by atoms with Gasteiger partial charge in [0.15, 0.2) is 0 Å². The molecule has 6 nitrogen and oxygen atoms in total. The summed E-state index contributed by atoms with van der Waals surface area (Å²) < 4.78 is 28.2. The molecular formula is C31H30F2N4O2. The normalized spacial score (nSPS) is 25.3. The number of carbonyl (C=O) groups is 2. The first-order valence-corrected chi connectivity index (χ1v) is 13.1. The molecule has 200 valence electrons. The van der Waals surface area contributed by atoms with Gasteiger partial charge in [0.2, 0.25) is 11.8 Å². The largest absolute Gasteiger partial charge is 0.327 e. The van der Waals surface area contributed by atoms with Crippen molar-refractivity contribution in [3.8, 4) is 0 Å². The zero-order chi connectivity index (χ0) is 27.6. The number of nitrogens with zero attached hydrogens (tertiary/aromatic N) is 2. The Morgan fingerprint density at radius 2 is 1.74 bits per heavy atom. The smallest absolute Gasteiger partial charge is 0.243 e. The molecule has 3 heterocycles. The summed E-state index contributed by atoms with van der Waals surface area (Å²) in [4.78, 5) is 32.5. The average Bonchev–Trinajstić information content (AvgIpc) is 3.40. The lowest BCUT2D eigenvalue weighted by atomic mass is 9.79. The van der Waals surface area contributed by atoms with Gasteiger partial charge in [-0.05, 0) is 74.1 Å². The van der Waals surface area contributed by atoms with Crippen LogP contribution in [0.3, 0.4) is 0 Å². The molecule has 2 N–H and O–H groups in total. The standard InChI is InChI=1S/C31H30F2N4O2/c1-29(2)28(39)37(30(3,18-35-29)22-13-23(32)15-24(33)14-22)11-5-6-19-8-9-20-16-31(17-21(20)12-19)25-7-4-10-34-26(25)36-27(31)38/h4-10,12-15,35H,11,16-18H2,1-3H3,(H,34,36,38)/b6-5+/t30-,31+/m0/s1. The van der Waals surface area contributed by atoms with Crippen molar-refractivity contribution >= 4 is 23.7 Å². The van der Waals surface area contributed by atoms with E-state index in [9.17, 15) is 18.4 Å². The number of nitrogens with one attached hydrogen (secondary N) is 2. The van der Waals surface area contributed by atoms with Gasteiger partial charge in [-0.2, -0.15) is 0 Å². The molecule has 2 aromatic carbocycles. The summed E-state index contributed by atoms with van der Waals surface area (Å²) in [6, 6.07) is 13.4. The molecule has 2 aliphatic heterocycles. The molecule has 1 saturated heterocycles. The number of hydrogen-bond acceptors (Lipinski definition) is 4. The highest BCUT2D eigenvalue weighted by molar-refractivity contribution is 6.06. The van der Waals surface area contributed by atoms with Crippen LogP contribution in [0, 0.1) is 11.6 Å². The Bertz CT molecular complexity index is 1530. The second kappa shape index (κ2) is 8.81. The van der Waals surface area contributed by atoms with E-state index in [2.05, 4.69) is 27.8 Å². The Labute approximate surface area is 226 Å². The Kier molecular flexibility index (Phi) is 5.73. The number of fused-ring (bicyclic) bond motifs is 3. The predicted octanol–water partition coefficient (Wildman–Crippen LogP) is 4.49. The minimum atomic E-state index is -0.943. The third-order valence-electron chi connectivity index (χ3n) is 8.54. The molecule has 1 aliphatic carbocycles. The van der Waals surface area contributed by atoms with Crippen molar-refractivity contribution in [2.24, 2.45) is 0 Å². The van der Waals surface area contributed by atoms with Crippen molar-refractivity contribution in [3.63, 3.8) is 0 Å². The van der Waals surface area contributed by atoms with Crippen molar-refractivity contribution in [1.29, 1.82) is 0 Å². The number of hydrogen-bond donors (Lipinski definition) is 2. The molecule has 1 fully saturated rings. The van der Waals surface area contributed by atoms with Gasteiger partial charge in [-0.15, -0.1) is 0 Å². The summed E-state index contributed by atoms with van der Waals surface area (Å²) in [5.74, 6) is -0.882. The van der Waals surface area contributed by atoms with Crippen LogP contribution in [0.4, 0.5) is 14.6 Å². The van der Waals surface area contributed by atoms with Crippen LogP contribution in [0.2, 0.25) is 0 Å². The first-order chi connectivity index (χ1) is 18.5. The zero-order valence-corrected chi connectivity index (χ0v) is 22.1. The van der Waals surface area contributed by atoms with Crippen LogP contribution in [-0.4, -0.2) is 40.3 Å². The number of carbonyl (C=O) groups excluding carboxylic acids is 2. The lowest BCUT2D eigenvalue weighted by Crippen LogP contribution is -2.68. The van der Waals surface area contributed by atoms with Crippen LogP contribution in [-0.2, 0) is 33.4 Å². The minimum Gasteiger partial charge on any atom is -0.327 e. The molecule has 6 rings (SSSR count). The van der Waals surface area contributed by atoms with Gasteiger partial charge in [-0.25, -0.2) is 13.8 Å². The van der Waals surface area contributed by atoms with Crippen molar-refractivity contribution < 1.29 is 18.4 Å². The van der Waals surface area contributed by atoms with Crippen molar-refractivity contribution in [2.75, 3.05) is 18.4 Å². The molecule has 2 amide bonds. The fourth-order valence-corrected chi connectivity index (χ4v) is 6.22. The highest BCUT2D eigenvalue weighted by atomic mass is 19.1. The maximum atomic E-state index is 14.1. The van der Waals surface area contributed by atoms with Gasteiger partial charge in [-0.3, -0.25) is 9.59 Å². The fraction of sp³-hybridized carbons (Fsp3) is 0.323. The van der Waals surface area contributed by atoms with Crippen molar-refractivity contribution in [1.82, 2.24) is 15.2 Å². The number of amides is 2. The summed E-state index contributed by atoms with van der Waals surface area (Å²) in [7, 11) is 0. The maximum Gasteiger partial charge on any atom is 0.243 e. The van der Waals surface area contributed by atoms with E-state index in [1.54, 1.807) is 24.9 Å². The Morgan fingerprint density at radius 3 is 2.51 bits per heavy atom. The molecule has 3 aromatic rings. The molecule has 2 atom stereocenters. The number of anilines is 1. The van der Waals surface area contributed by atoms with E-state index in [0.717, 1.165) is 28.3 Å². The van der Waals surface area contributed by atoms with Gasteiger partial charge in [-0.1, -0.05) is 36.4 Å². The summed E-state index contributed by atoms with van der Waals surface area (Å²) in [5, 5.41) is 6.18. The lowest BCUT2D eigenvalue weighted by Gasteiger charge is -2.50. The van der Waals surface area contributed by atoms with Crippen molar-refractivity contribution in [2.45, 2.75) is 50.1 Å². The number of halogens is 2. The predicted molar refractivity (Wildman–Crippen MR) is 145 cm³/mol.